The zero-order valence-corrected chi connectivity index (χ0v) is 13.7. The van der Waals surface area contributed by atoms with Crippen LogP contribution in [0.2, 0.25) is 0 Å². The van der Waals surface area contributed by atoms with Crippen molar-refractivity contribution >= 4 is 23.5 Å². The van der Waals surface area contributed by atoms with Crippen LogP contribution in [0, 0.1) is 15.9 Å². The average Bonchev–Trinajstić information content (AvgIpc) is 2.57. The molecule has 0 aliphatic rings. The predicted octanol–water partition coefficient (Wildman–Crippen LogP) is 5.51. The molecule has 126 valence electrons. The van der Waals surface area contributed by atoms with Crippen molar-refractivity contribution in [3.8, 4) is 0 Å². The number of nitrogens with one attached hydrogen (secondary N) is 1. The lowest BCUT2D eigenvalue weighted by Crippen LogP contribution is -2.00. The van der Waals surface area contributed by atoms with E-state index in [0.29, 0.717) is 5.56 Å². The Hall–Kier alpha value is -2.69. The number of benzene rings is 2. The van der Waals surface area contributed by atoms with E-state index in [4.69, 9.17) is 0 Å². The third kappa shape index (κ3) is 5.19. The Bertz CT molecular complexity index is 712. The number of anilines is 1. The van der Waals surface area contributed by atoms with Crippen LogP contribution in [0.5, 0.6) is 0 Å². The van der Waals surface area contributed by atoms with Crippen LogP contribution >= 0.6 is 0 Å². The van der Waals surface area contributed by atoms with E-state index in [1.807, 2.05) is 30.3 Å². The summed E-state index contributed by atoms with van der Waals surface area (Å²) in [5, 5.41) is 14.0. The maximum atomic E-state index is 13.6. The Morgan fingerprint density at radius 3 is 2.38 bits per heavy atom. The Labute approximate surface area is 141 Å². The third-order valence-electron chi connectivity index (χ3n) is 3.66. The van der Waals surface area contributed by atoms with Gasteiger partial charge >= 0.3 is 5.69 Å². The predicted molar refractivity (Wildman–Crippen MR) is 96.4 cm³/mol. The van der Waals surface area contributed by atoms with Crippen molar-refractivity contribution in [1.82, 2.24) is 0 Å². The van der Waals surface area contributed by atoms with Crippen LogP contribution in [0.3, 0.4) is 0 Å². The average molecular weight is 328 g/mol. The summed E-state index contributed by atoms with van der Waals surface area (Å²) >= 11 is 0. The highest BCUT2D eigenvalue weighted by molar-refractivity contribution is 5.71. The largest absolute Gasteiger partial charge is 0.385 e. The fraction of sp³-hybridized carbons (Fsp3) is 0.263. The van der Waals surface area contributed by atoms with Gasteiger partial charge in [0.25, 0.3) is 0 Å². The Morgan fingerprint density at radius 1 is 1.08 bits per heavy atom. The Kier molecular flexibility index (Phi) is 6.49. The fourth-order valence-electron chi connectivity index (χ4n) is 2.29. The van der Waals surface area contributed by atoms with E-state index in [1.165, 1.54) is 25.0 Å². The molecule has 2 aromatic carbocycles. The second-order valence-electron chi connectivity index (χ2n) is 5.56. The van der Waals surface area contributed by atoms with Gasteiger partial charge in [0.05, 0.1) is 4.92 Å². The minimum absolute atomic E-state index is 0.509. The lowest BCUT2D eigenvalue weighted by atomic mass is 10.1. The monoisotopic (exact) mass is 328 g/mol. The molecule has 4 nitrogen and oxygen atoms in total. The molecule has 0 saturated carbocycles. The number of rotatable bonds is 8. The van der Waals surface area contributed by atoms with Gasteiger partial charge in [-0.2, -0.15) is 4.39 Å². The number of unbranched alkanes of at least 4 members (excludes halogenated alkanes) is 2. The molecule has 0 aromatic heterocycles. The van der Waals surface area contributed by atoms with Crippen molar-refractivity contribution in [2.75, 3.05) is 11.9 Å². The zero-order chi connectivity index (χ0) is 17.4. The van der Waals surface area contributed by atoms with Crippen molar-refractivity contribution in [2.45, 2.75) is 26.2 Å². The molecule has 2 aromatic rings. The summed E-state index contributed by atoms with van der Waals surface area (Å²) < 4.78 is 13.6. The minimum Gasteiger partial charge on any atom is -0.385 e. The second kappa shape index (κ2) is 8.82. The lowest BCUT2D eigenvalue weighted by molar-refractivity contribution is -0.387. The first-order valence-electron chi connectivity index (χ1n) is 8.06. The molecule has 0 saturated heterocycles. The Morgan fingerprint density at radius 2 is 1.75 bits per heavy atom. The quantitative estimate of drug-likeness (QED) is 0.301. The van der Waals surface area contributed by atoms with Crippen LogP contribution < -0.4 is 5.32 Å². The van der Waals surface area contributed by atoms with Crippen molar-refractivity contribution in [3.63, 3.8) is 0 Å². The van der Waals surface area contributed by atoms with Gasteiger partial charge in [-0.3, -0.25) is 10.1 Å². The van der Waals surface area contributed by atoms with Gasteiger partial charge in [-0.25, -0.2) is 0 Å². The van der Waals surface area contributed by atoms with E-state index in [0.717, 1.165) is 30.3 Å². The maximum Gasteiger partial charge on any atom is 0.304 e. The lowest BCUT2D eigenvalue weighted by Gasteiger charge is -2.06. The van der Waals surface area contributed by atoms with Gasteiger partial charge in [0, 0.05) is 18.3 Å². The van der Waals surface area contributed by atoms with Crippen molar-refractivity contribution in [1.29, 1.82) is 0 Å². The molecular formula is C19H21FN2O2. The summed E-state index contributed by atoms with van der Waals surface area (Å²) in [6.07, 6.45) is 7.16. The summed E-state index contributed by atoms with van der Waals surface area (Å²) in [7, 11) is 0. The fourth-order valence-corrected chi connectivity index (χ4v) is 2.29. The molecule has 24 heavy (non-hydrogen) atoms. The van der Waals surface area contributed by atoms with Crippen LogP contribution in [0.4, 0.5) is 15.8 Å². The maximum absolute atomic E-state index is 13.6. The van der Waals surface area contributed by atoms with Gasteiger partial charge < -0.3 is 5.32 Å². The Balaban J connectivity index is 1.96. The van der Waals surface area contributed by atoms with Gasteiger partial charge in [-0.05, 0) is 41.8 Å². The zero-order valence-electron chi connectivity index (χ0n) is 13.7. The van der Waals surface area contributed by atoms with Crippen LogP contribution in [0.25, 0.3) is 12.2 Å². The number of hydrogen-bond donors (Lipinski definition) is 1. The first kappa shape index (κ1) is 17.7. The van der Waals surface area contributed by atoms with Gasteiger partial charge in [-0.1, -0.05) is 44.1 Å². The summed E-state index contributed by atoms with van der Waals surface area (Å²) in [6, 6.07) is 11.8. The SMILES string of the molecule is CCCCCNc1ccc(C=Cc2ccc([N+](=O)[O-])c(F)c2)cc1. The molecule has 0 bridgehead atoms. The van der Waals surface area contributed by atoms with Crippen LogP contribution in [-0.4, -0.2) is 11.5 Å². The molecule has 0 radical (unpaired) electrons. The number of nitro benzene ring substituents is 1. The molecule has 1 N–H and O–H groups in total. The molecule has 2 rings (SSSR count). The standard InChI is InChI=1S/C19H21FN2O2/c1-2-3-4-13-21-17-10-7-15(8-11-17)5-6-16-9-12-19(22(23)24)18(20)14-16/h5-12,14,21H,2-4,13H2,1H3. The molecule has 0 heterocycles. The van der Waals surface area contributed by atoms with Crippen molar-refractivity contribution < 1.29 is 9.31 Å². The molecular weight excluding hydrogens is 307 g/mol. The number of nitrogens with zero attached hydrogens (tertiary/aromatic N) is 1. The van der Waals surface area contributed by atoms with Crippen LogP contribution in [0.1, 0.15) is 37.3 Å². The molecule has 0 fully saturated rings. The van der Waals surface area contributed by atoms with Gasteiger partial charge in [0.2, 0.25) is 5.82 Å². The van der Waals surface area contributed by atoms with Gasteiger partial charge in [-0.15, -0.1) is 0 Å². The summed E-state index contributed by atoms with van der Waals surface area (Å²) in [6.45, 7) is 3.14. The van der Waals surface area contributed by atoms with E-state index in [1.54, 1.807) is 6.08 Å². The summed E-state index contributed by atoms with van der Waals surface area (Å²) in [5.41, 5.74) is 2.13. The topological polar surface area (TPSA) is 55.2 Å². The summed E-state index contributed by atoms with van der Waals surface area (Å²) in [4.78, 5) is 9.87. The van der Waals surface area contributed by atoms with E-state index >= 15 is 0 Å². The molecule has 5 heteroatoms. The molecule has 0 aliphatic carbocycles. The van der Waals surface area contributed by atoms with Gasteiger partial charge in [0.1, 0.15) is 0 Å². The molecule has 0 aliphatic heterocycles. The van der Waals surface area contributed by atoms with Crippen LogP contribution in [-0.2, 0) is 0 Å². The summed E-state index contributed by atoms with van der Waals surface area (Å²) in [5.74, 6) is -0.825. The number of halogens is 1. The van der Waals surface area contributed by atoms with Crippen molar-refractivity contribution in [2.24, 2.45) is 0 Å². The smallest absolute Gasteiger partial charge is 0.304 e. The third-order valence-corrected chi connectivity index (χ3v) is 3.66. The first-order chi connectivity index (χ1) is 11.6. The van der Waals surface area contributed by atoms with Crippen LogP contribution in [0.15, 0.2) is 42.5 Å². The van der Waals surface area contributed by atoms with E-state index < -0.39 is 16.4 Å². The molecule has 0 atom stereocenters. The second-order valence-corrected chi connectivity index (χ2v) is 5.56. The highest BCUT2D eigenvalue weighted by Crippen LogP contribution is 2.19. The molecule has 0 spiro atoms. The van der Waals surface area contributed by atoms with Crippen molar-refractivity contribution in [3.05, 3.63) is 69.5 Å². The van der Waals surface area contributed by atoms with E-state index in [-0.39, 0.29) is 0 Å². The first-order valence-corrected chi connectivity index (χ1v) is 8.06. The number of nitro groups is 1. The van der Waals surface area contributed by atoms with Gasteiger partial charge in [0.15, 0.2) is 0 Å². The highest BCUT2D eigenvalue weighted by atomic mass is 19.1. The molecule has 0 unspecified atom stereocenters. The van der Waals surface area contributed by atoms with E-state index in [2.05, 4.69) is 12.2 Å². The molecule has 0 amide bonds. The highest BCUT2D eigenvalue weighted by Gasteiger charge is 2.12. The minimum atomic E-state index is -0.825. The normalized spacial score (nSPS) is 10.9. The number of hydrogen-bond acceptors (Lipinski definition) is 3. The van der Waals surface area contributed by atoms with E-state index in [9.17, 15) is 14.5 Å².